The number of nitrogens with zero attached hydrogens (tertiary/aromatic N) is 4. The molecule has 1 aromatic carbocycles. The molecule has 0 saturated carbocycles. The summed E-state index contributed by atoms with van der Waals surface area (Å²) in [4.78, 5) is 12.6. The number of aromatic nitrogens is 4. The molecule has 0 bridgehead atoms. The Labute approximate surface area is 118 Å². The summed E-state index contributed by atoms with van der Waals surface area (Å²) >= 11 is 3.35. The third-order valence-electron chi connectivity index (χ3n) is 2.23. The molecule has 0 aliphatic heterocycles. The molecule has 0 aliphatic carbocycles. The molecule has 0 fully saturated rings. The van der Waals surface area contributed by atoms with E-state index in [4.69, 9.17) is 6.42 Å². The van der Waals surface area contributed by atoms with Crippen molar-refractivity contribution >= 4 is 21.8 Å². The predicted molar refractivity (Wildman–Crippen MR) is 72.8 cm³/mol. The Bertz CT molecular complexity index is 614. The molecule has 1 heterocycles. The molecule has 19 heavy (non-hydrogen) atoms. The minimum absolute atomic E-state index is 0.00872. The zero-order valence-electron chi connectivity index (χ0n) is 9.88. The van der Waals surface area contributed by atoms with Gasteiger partial charge < -0.3 is 5.32 Å². The van der Waals surface area contributed by atoms with Crippen LogP contribution in [0.25, 0.3) is 11.4 Å². The highest BCUT2D eigenvalue weighted by Crippen LogP contribution is 2.17. The van der Waals surface area contributed by atoms with Crippen LogP contribution in [0, 0.1) is 12.3 Å². The van der Waals surface area contributed by atoms with Gasteiger partial charge in [0, 0.05) is 10.0 Å². The fourth-order valence-corrected chi connectivity index (χ4v) is 1.62. The third kappa shape index (κ3) is 3.63. The van der Waals surface area contributed by atoms with E-state index in [-0.39, 0.29) is 19.0 Å². The molecule has 96 valence electrons. The van der Waals surface area contributed by atoms with Crippen LogP contribution in [0.15, 0.2) is 28.7 Å². The van der Waals surface area contributed by atoms with Crippen molar-refractivity contribution in [1.29, 1.82) is 0 Å². The minimum atomic E-state index is -0.252. The van der Waals surface area contributed by atoms with E-state index < -0.39 is 0 Å². The molecule has 6 nitrogen and oxygen atoms in total. The van der Waals surface area contributed by atoms with Crippen molar-refractivity contribution in [2.24, 2.45) is 0 Å². The number of carbonyl (C=O) groups is 1. The number of nitrogens with one attached hydrogen (secondary N) is 1. The maximum absolute atomic E-state index is 11.4. The monoisotopic (exact) mass is 319 g/mol. The van der Waals surface area contributed by atoms with Crippen LogP contribution in [0.1, 0.15) is 0 Å². The molecule has 0 aliphatic rings. The normalized spacial score (nSPS) is 9.89. The summed E-state index contributed by atoms with van der Waals surface area (Å²) in [6.07, 6.45) is 5.04. The van der Waals surface area contributed by atoms with E-state index in [2.05, 4.69) is 42.6 Å². The lowest BCUT2D eigenvalue weighted by molar-refractivity contribution is -0.121. The number of rotatable bonds is 4. The van der Waals surface area contributed by atoms with Crippen molar-refractivity contribution in [2.75, 3.05) is 6.54 Å². The van der Waals surface area contributed by atoms with Crippen LogP contribution in [0.4, 0.5) is 0 Å². The zero-order chi connectivity index (χ0) is 13.7. The average Bonchev–Trinajstić information content (AvgIpc) is 2.85. The number of tetrazole rings is 1. The summed E-state index contributed by atoms with van der Waals surface area (Å²) in [6.45, 7) is 0.179. The number of carbonyl (C=O) groups excluding carboxylic acids is 1. The summed E-state index contributed by atoms with van der Waals surface area (Å²) in [7, 11) is 0. The van der Waals surface area contributed by atoms with Crippen LogP contribution in [0.2, 0.25) is 0 Å². The van der Waals surface area contributed by atoms with Crippen LogP contribution >= 0.6 is 15.9 Å². The Hall–Kier alpha value is -2.20. The minimum Gasteiger partial charge on any atom is -0.344 e. The molecule has 0 atom stereocenters. The standard InChI is InChI=1S/C12H10BrN5O/c1-2-7-14-11(19)8-18-16-12(15-17-18)9-3-5-10(13)6-4-9/h1,3-6H,7-8H2,(H,14,19). The molecule has 7 heteroatoms. The van der Waals surface area contributed by atoms with Crippen LogP contribution in [-0.4, -0.2) is 32.7 Å². The third-order valence-corrected chi connectivity index (χ3v) is 2.76. The number of benzene rings is 1. The van der Waals surface area contributed by atoms with E-state index in [0.717, 1.165) is 10.0 Å². The largest absolute Gasteiger partial charge is 0.344 e. The molecular formula is C12H10BrN5O. The molecule has 2 rings (SSSR count). The Morgan fingerprint density at radius 2 is 2.16 bits per heavy atom. The highest BCUT2D eigenvalue weighted by atomic mass is 79.9. The van der Waals surface area contributed by atoms with Crippen LogP contribution in [0.3, 0.4) is 0 Å². The van der Waals surface area contributed by atoms with Crippen molar-refractivity contribution in [3.63, 3.8) is 0 Å². The van der Waals surface area contributed by atoms with E-state index in [1.165, 1.54) is 4.80 Å². The molecule has 1 amide bonds. The molecule has 0 saturated heterocycles. The molecule has 1 N–H and O–H groups in total. The van der Waals surface area contributed by atoms with Crippen molar-refractivity contribution < 1.29 is 4.79 Å². The highest BCUT2D eigenvalue weighted by Gasteiger charge is 2.08. The van der Waals surface area contributed by atoms with Gasteiger partial charge in [0.2, 0.25) is 11.7 Å². The van der Waals surface area contributed by atoms with Gasteiger partial charge in [-0.25, -0.2) is 0 Å². The second-order valence-corrected chi connectivity index (χ2v) is 4.55. The lowest BCUT2D eigenvalue weighted by Gasteiger charge is -1.99. The van der Waals surface area contributed by atoms with Crippen LogP contribution in [0.5, 0.6) is 0 Å². The SMILES string of the molecule is C#CCNC(=O)Cn1nnc(-c2ccc(Br)cc2)n1. The van der Waals surface area contributed by atoms with Gasteiger partial charge in [-0.2, -0.15) is 4.80 Å². The summed E-state index contributed by atoms with van der Waals surface area (Å²) in [5.74, 6) is 2.54. The summed E-state index contributed by atoms with van der Waals surface area (Å²) < 4.78 is 0.970. The second-order valence-electron chi connectivity index (χ2n) is 3.63. The van der Waals surface area contributed by atoms with Crippen molar-refractivity contribution in [3.8, 4) is 23.7 Å². The number of halogens is 1. The van der Waals surface area contributed by atoms with Gasteiger partial charge in [0.15, 0.2) is 0 Å². The van der Waals surface area contributed by atoms with Gasteiger partial charge >= 0.3 is 0 Å². The molecule has 2 aromatic rings. The summed E-state index contributed by atoms with van der Waals surface area (Å²) in [6, 6.07) is 7.50. The quantitative estimate of drug-likeness (QED) is 0.848. The number of hydrogen-bond donors (Lipinski definition) is 1. The van der Waals surface area contributed by atoms with Gasteiger partial charge in [-0.3, -0.25) is 4.79 Å². The molecule has 0 radical (unpaired) electrons. The van der Waals surface area contributed by atoms with Gasteiger partial charge in [0.25, 0.3) is 0 Å². The fraction of sp³-hybridized carbons (Fsp3) is 0.167. The van der Waals surface area contributed by atoms with Gasteiger partial charge in [-0.15, -0.1) is 16.6 Å². The second kappa shape index (κ2) is 6.11. The number of hydrogen-bond acceptors (Lipinski definition) is 4. The highest BCUT2D eigenvalue weighted by molar-refractivity contribution is 9.10. The van der Waals surface area contributed by atoms with E-state index >= 15 is 0 Å². The lowest BCUT2D eigenvalue weighted by Crippen LogP contribution is -2.28. The maximum atomic E-state index is 11.4. The maximum Gasteiger partial charge on any atom is 0.244 e. The number of amides is 1. The van der Waals surface area contributed by atoms with Crippen molar-refractivity contribution in [3.05, 3.63) is 28.7 Å². The van der Waals surface area contributed by atoms with E-state index in [1.807, 2.05) is 24.3 Å². The van der Waals surface area contributed by atoms with Crippen molar-refractivity contribution in [2.45, 2.75) is 6.54 Å². The van der Waals surface area contributed by atoms with Crippen molar-refractivity contribution in [1.82, 2.24) is 25.5 Å². The Balaban J connectivity index is 2.05. The first-order valence-electron chi connectivity index (χ1n) is 5.43. The first-order chi connectivity index (χ1) is 9.19. The van der Waals surface area contributed by atoms with E-state index in [0.29, 0.717) is 5.82 Å². The smallest absolute Gasteiger partial charge is 0.244 e. The van der Waals surface area contributed by atoms with Crippen LogP contribution < -0.4 is 5.32 Å². The fourth-order valence-electron chi connectivity index (χ4n) is 1.36. The first-order valence-corrected chi connectivity index (χ1v) is 6.22. The Kier molecular flexibility index (Phi) is 4.26. The predicted octanol–water partition coefficient (Wildman–Crippen LogP) is 0.852. The lowest BCUT2D eigenvalue weighted by atomic mass is 10.2. The number of terminal acetylenes is 1. The zero-order valence-corrected chi connectivity index (χ0v) is 11.5. The van der Waals surface area contributed by atoms with Gasteiger partial charge in [-0.05, 0) is 29.5 Å². The summed E-state index contributed by atoms with van der Waals surface area (Å²) in [5.41, 5.74) is 0.832. The molecule has 1 aromatic heterocycles. The van der Waals surface area contributed by atoms with E-state index in [1.54, 1.807) is 0 Å². The molecule has 0 unspecified atom stereocenters. The molecule has 0 spiro atoms. The molecular weight excluding hydrogens is 310 g/mol. The first kappa shape index (κ1) is 13.2. The Morgan fingerprint density at radius 1 is 1.42 bits per heavy atom. The Morgan fingerprint density at radius 3 is 2.84 bits per heavy atom. The average molecular weight is 320 g/mol. The van der Waals surface area contributed by atoms with Gasteiger partial charge in [0.05, 0.1) is 6.54 Å². The van der Waals surface area contributed by atoms with Gasteiger partial charge in [-0.1, -0.05) is 21.9 Å². The van der Waals surface area contributed by atoms with E-state index in [9.17, 15) is 4.79 Å². The summed E-state index contributed by atoms with van der Waals surface area (Å²) in [5, 5.41) is 14.4. The topological polar surface area (TPSA) is 72.7 Å². The van der Waals surface area contributed by atoms with Gasteiger partial charge in [0.1, 0.15) is 6.54 Å². The van der Waals surface area contributed by atoms with Crippen LogP contribution in [-0.2, 0) is 11.3 Å².